The number of rotatable bonds is 7. The largest absolute Gasteiger partial charge is 0.481 e. The zero-order valence-corrected chi connectivity index (χ0v) is 19.5. The summed E-state index contributed by atoms with van der Waals surface area (Å²) in [6.45, 7) is 0.309. The van der Waals surface area contributed by atoms with Crippen LogP contribution in [-0.4, -0.2) is 35.9 Å². The van der Waals surface area contributed by atoms with Crippen molar-refractivity contribution in [1.29, 1.82) is 0 Å². The fourth-order valence-corrected chi connectivity index (χ4v) is 5.11. The number of ketones is 1. The Morgan fingerprint density at radius 1 is 0.971 bits per heavy atom. The Hall–Kier alpha value is -4.13. The average Bonchev–Trinajstić information content (AvgIpc) is 3.22. The molecule has 35 heavy (non-hydrogen) atoms. The lowest BCUT2D eigenvalue weighted by molar-refractivity contribution is -0.142. The molecule has 0 radical (unpaired) electrons. The number of hydrogen-bond donors (Lipinski definition) is 1. The molecule has 1 aliphatic carbocycles. The van der Waals surface area contributed by atoms with Gasteiger partial charge in [0.1, 0.15) is 5.75 Å². The van der Waals surface area contributed by atoms with Crippen LogP contribution in [0.1, 0.15) is 39.9 Å². The van der Waals surface area contributed by atoms with E-state index in [1.165, 1.54) is 18.2 Å². The van der Waals surface area contributed by atoms with Crippen molar-refractivity contribution in [2.75, 3.05) is 13.7 Å². The normalized spacial score (nSPS) is 12.9. The first-order valence-electron chi connectivity index (χ1n) is 11.7. The summed E-state index contributed by atoms with van der Waals surface area (Å²) >= 11 is 0. The summed E-state index contributed by atoms with van der Waals surface area (Å²) in [5.41, 5.74) is 10.9. The van der Waals surface area contributed by atoms with Gasteiger partial charge < -0.3 is 19.8 Å². The number of aromatic nitrogens is 1. The van der Waals surface area contributed by atoms with Crippen molar-refractivity contribution in [3.8, 4) is 5.75 Å². The first-order valence-corrected chi connectivity index (χ1v) is 11.7. The molecule has 0 atom stereocenters. The Bertz CT molecular complexity index is 1470. The Kier molecular flexibility index (Phi) is 5.99. The number of fused-ring (bicyclic) bond motifs is 5. The van der Waals surface area contributed by atoms with Crippen LogP contribution in [0.15, 0.2) is 54.6 Å². The molecular weight excluding hydrogens is 444 g/mol. The second kappa shape index (κ2) is 9.25. The number of amides is 1. The van der Waals surface area contributed by atoms with E-state index in [4.69, 9.17) is 15.2 Å². The lowest BCUT2D eigenvalue weighted by Crippen LogP contribution is -2.23. The Morgan fingerprint density at radius 2 is 1.74 bits per heavy atom. The SMILES string of the molecule is COC(=O)COc1cc2c(c3c1c1c(C(=O)C(N)=O)cccc1n3Cc1ccccc1)CCCC2. The van der Waals surface area contributed by atoms with Gasteiger partial charge in [-0.05, 0) is 54.5 Å². The van der Waals surface area contributed by atoms with Crippen LogP contribution in [0, 0.1) is 0 Å². The van der Waals surface area contributed by atoms with E-state index < -0.39 is 17.7 Å². The molecule has 178 valence electrons. The van der Waals surface area contributed by atoms with Crippen LogP contribution in [0.3, 0.4) is 0 Å². The quantitative estimate of drug-likeness (QED) is 0.250. The van der Waals surface area contributed by atoms with E-state index in [0.29, 0.717) is 23.1 Å². The number of nitrogens with two attached hydrogens (primary N) is 1. The van der Waals surface area contributed by atoms with Gasteiger partial charge in [0.15, 0.2) is 6.61 Å². The number of esters is 1. The number of primary amides is 1. The minimum Gasteiger partial charge on any atom is -0.481 e. The maximum atomic E-state index is 12.9. The van der Waals surface area contributed by atoms with E-state index in [-0.39, 0.29) is 12.2 Å². The van der Waals surface area contributed by atoms with E-state index >= 15 is 0 Å². The van der Waals surface area contributed by atoms with Gasteiger partial charge in [-0.1, -0.05) is 42.5 Å². The smallest absolute Gasteiger partial charge is 0.343 e. The van der Waals surface area contributed by atoms with Gasteiger partial charge in [0.25, 0.3) is 11.7 Å². The van der Waals surface area contributed by atoms with Gasteiger partial charge in [-0.2, -0.15) is 0 Å². The van der Waals surface area contributed by atoms with Crippen LogP contribution in [0.25, 0.3) is 21.8 Å². The minimum absolute atomic E-state index is 0.227. The van der Waals surface area contributed by atoms with E-state index in [2.05, 4.69) is 16.7 Å². The van der Waals surface area contributed by atoms with Crippen molar-refractivity contribution in [1.82, 2.24) is 4.57 Å². The van der Waals surface area contributed by atoms with E-state index in [1.807, 2.05) is 30.3 Å². The van der Waals surface area contributed by atoms with Gasteiger partial charge in [0, 0.05) is 17.5 Å². The van der Waals surface area contributed by atoms with Crippen molar-refractivity contribution in [3.63, 3.8) is 0 Å². The highest BCUT2D eigenvalue weighted by molar-refractivity contribution is 6.45. The Morgan fingerprint density at radius 3 is 2.49 bits per heavy atom. The molecule has 0 saturated heterocycles. The first kappa shape index (κ1) is 22.7. The molecule has 3 aromatic carbocycles. The van der Waals surface area contributed by atoms with E-state index in [0.717, 1.165) is 42.3 Å². The standard InChI is InChI=1S/C28H26N2O5/c1-34-23(31)16-35-22-14-18-10-5-6-11-19(18)26-25(22)24-20(27(32)28(29)33)12-7-13-21(24)30(26)15-17-8-3-2-4-9-17/h2-4,7-9,12-14H,5-6,10-11,15-16H2,1H3,(H2,29,33). The molecular formula is C28H26N2O5. The molecule has 0 fully saturated rings. The van der Waals surface area contributed by atoms with Gasteiger partial charge in [0.2, 0.25) is 0 Å². The summed E-state index contributed by atoms with van der Waals surface area (Å²) in [4.78, 5) is 36.7. The molecule has 0 bridgehead atoms. The molecule has 2 N–H and O–H groups in total. The molecule has 5 rings (SSSR count). The van der Waals surface area contributed by atoms with E-state index in [9.17, 15) is 14.4 Å². The fraction of sp³-hybridized carbons (Fsp3) is 0.250. The fourth-order valence-electron chi connectivity index (χ4n) is 5.11. The number of Topliss-reactive ketones (excluding diaryl/α,β-unsaturated/α-hetero) is 1. The highest BCUT2D eigenvalue weighted by Gasteiger charge is 2.27. The number of aryl methyl sites for hydroxylation is 2. The predicted octanol–water partition coefficient (Wildman–Crippen LogP) is 3.94. The lowest BCUT2D eigenvalue weighted by atomic mass is 9.89. The topological polar surface area (TPSA) is 101 Å². The van der Waals surface area contributed by atoms with Crippen molar-refractivity contribution < 1.29 is 23.9 Å². The van der Waals surface area contributed by atoms with Crippen LogP contribution in [0.2, 0.25) is 0 Å². The number of carbonyl (C=O) groups excluding carboxylic acids is 3. The third kappa shape index (κ3) is 4.03. The molecule has 1 amide bonds. The molecule has 1 heterocycles. The van der Waals surface area contributed by atoms with Gasteiger partial charge in [-0.25, -0.2) is 4.79 Å². The number of hydrogen-bond acceptors (Lipinski definition) is 5. The number of carbonyl (C=O) groups is 3. The summed E-state index contributed by atoms with van der Waals surface area (Å²) in [6.07, 6.45) is 3.93. The van der Waals surface area contributed by atoms with Crippen molar-refractivity contribution >= 4 is 39.5 Å². The molecule has 4 aromatic rings. The van der Waals surface area contributed by atoms with E-state index in [1.54, 1.807) is 12.1 Å². The molecule has 0 unspecified atom stereocenters. The summed E-state index contributed by atoms with van der Waals surface area (Å²) in [5.74, 6) is -1.78. The predicted molar refractivity (Wildman–Crippen MR) is 133 cm³/mol. The van der Waals surface area contributed by atoms with Crippen molar-refractivity contribution in [2.45, 2.75) is 32.2 Å². The third-order valence-corrected chi connectivity index (χ3v) is 6.66. The number of ether oxygens (including phenoxy) is 2. The monoisotopic (exact) mass is 470 g/mol. The molecule has 7 heteroatoms. The number of benzene rings is 3. The highest BCUT2D eigenvalue weighted by atomic mass is 16.6. The summed E-state index contributed by atoms with van der Waals surface area (Å²) in [6, 6.07) is 17.4. The van der Waals surface area contributed by atoms with Crippen LogP contribution in [0.5, 0.6) is 5.75 Å². The van der Waals surface area contributed by atoms with Crippen LogP contribution < -0.4 is 10.5 Å². The maximum Gasteiger partial charge on any atom is 0.343 e. The van der Waals surface area contributed by atoms with Gasteiger partial charge in [-0.3, -0.25) is 9.59 Å². The molecule has 7 nitrogen and oxygen atoms in total. The van der Waals surface area contributed by atoms with Gasteiger partial charge in [0.05, 0.1) is 23.5 Å². The molecule has 1 aromatic heterocycles. The zero-order valence-electron chi connectivity index (χ0n) is 19.5. The number of methoxy groups -OCH3 is 1. The molecule has 0 spiro atoms. The molecule has 1 aliphatic rings. The second-order valence-electron chi connectivity index (χ2n) is 8.77. The maximum absolute atomic E-state index is 12.9. The Balaban J connectivity index is 1.88. The Labute approximate surface area is 202 Å². The average molecular weight is 471 g/mol. The van der Waals surface area contributed by atoms with Crippen molar-refractivity contribution in [2.24, 2.45) is 5.73 Å². The van der Waals surface area contributed by atoms with Gasteiger partial charge >= 0.3 is 5.97 Å². The van der Waals surface area contributed by atoms with Crippen LogP contribution >= 0.6 is 0 Å². The summed E-state index contributed by atoms with van der Waals surface area (Å²) in [7, 11) is 1.31. The molecule has 0 aliphatic heterocycles. The minimum atomic E-state index is -1.02. The zero-order chi connectivity index (χ0) is 24.5. The third-order valence-electron chi connectivity index (χ3n) is 6.66. The lowest BCUT2D eigenvalue weighted by Gasteiger charge is -2.21. The highest BCUT2D eigenvalue weighted by Crippen LogP contribution is 2.43. The number of nitrogens with zero attached hydrogens (tertiary/aromatic N) is 1. The second-order valence-corrected chi connectivity index (χ2v) is 8.77. The first-order chi connectivity index (χ1) is 17.0. The van der Waals surface area contributed by atoms with Crippen LogP contribution in [0.4, 0.5) is 0 Å². The summed E-state index contributed by atoms with van der Waals surface area (Å²) < 4.78 is 13.0. The van der Waals surface area contributed by atoms with Gasteiger partial charge in [-0.15, -0.1) is 0 Å². The summed E-state index contributed by atoms with van der Waals surface area (Å²) in [5, 5.41) is 1.32. The molecule has 0 saturated carbocycles. The van der Waals surface area contributed by atoms with Crippen LogP contribution in [-0.2, 0) is 33.7 Å². The van der Waals surface area contributed by atoms with Crippen molar-refractivity contribution in [3.05, 3.63) is 76.9 Å².